The second-order valence-corrected chi connectivity index (χ2v) is 9.16. The van der Waals surface area contributed by atoms with Gasteiger partial charge in [0, 0.05) is 0 Å². The van der Waals surface area contributed by atoms with Gasteiger partial charge in [-0.05, 0) is 67.6 Å². The van der Waals surface area contributed by atoms with Gasteiger partial charge in [0.15, 0.2) is 0 Å². The third-order valence-corrected chi connectivity index (χ3v) is 7.45. The lowest BCUT2D eigenvalue weighted by atomic mass is 9.45. The Kier molecular flexibility index (Phi) is 3.39. The summed E-state index contributed by atoms with van der Waals surface area (Å²) in [5.41, 5.74) is 1.09. The van der Waals surface area contributed by atoms with E-state index in [0.29, 0.717) is 23.2 Å². The third-order valence-electron chi connectivity index (χ3n) is 7.45. The summed E-state index contributed by atoms with van der Waals surface area (Å²) in [5.74, 6) is 1.42. The van der Waals surface area contributed by atoms with Crippen molar-refractivity contribution in [2.75, 3.05) is 0 Å². The molecule has 0 aliphatic heterocycles. The molecule has 0 saturated heterocycles. The van der Waals surface area contributed by atoms with E-state index < -0.39 is 5.60 Å². The summed E-state index contributed by atoms with van der Waals surface area (Å²) in [7, 11) is 0. The van der Waals surface area contributed by atoms with Crippen LogP contribution in [-0.4, -0.2) is 21.9 Å². The van der Waals surface area contributed by atoms with E-state index >= 15 is 0 Å². The summed E-state index contributed by atoms with van der Waals surface area (Å²) >= 11 is 0. The Balaban J connectivity index is 2.06. The van der Waals surface area contributed by atoms with Crippen LogP contribution in [0.15, 0.2) is 11.6 Å². The molecule has 21 heavy (non-hydrogen) atoms. The molecule has 0 radical (unpaired) electrons. The van der Waals surface area contributed by atoms with Crippen molar-refractivity contribution in [1.29, 1.82) is 0 Å². The first-order valence-corrected chi connectivity index (χ1v) is 8.70. The molecule has 0 aromatic heterocycles. The van der Waals surface area contributed by atoms with Crippen LogP contribution in [0.1, 0.15) is 66.7 Å². The van der Waals surface area contributed by atoms with Gasteiger partial charge in [-0.3, -0.25) is 0 Å². The summed E-state index contributed by atoms with van der Waals surface area (Å²) < 4.78 is 0. The van der Waals surface area contributed by atoms with E-state index in [9.17, 15) is 10.2 Å². The van der Waals surface area contributed by atoms with Crippen LogP contribution >= 0.6 is 0 Å². The van der Waals surface area contributed by atoms with Crippen LogP contribution in [0.3, 0.4) is 0 Å². The molecule has 2 fully saturated rings. The van der Waals surface area contributed by atoms with Crippen LogP contribution in [0.5, 0.6) is 0 Å². The molecule has 2 N–H and O–H groups in total. The molecule has 0 amide bonds. The van der Waals surface area contributed by atoms with Gasteiger partial charge >= 0.3 is 0 Å². The second-order valence-electron chi connectivity index (χ2n) is 9.16. The quantitative estimate of drug-likeness (QED) is 0.664. The van der Waals surface area contributed by atoms with Gasteiger partial charge in [0.1, 0.15) is 0 Å². The highest BCUT2D eigenvalue weighted by atomic mass is 16.3. The first-order chi connectivity index (χ1) is 9.58. The van der Waals surface area contributed by atoms with E-state index in [1.54, 1.807) is 0 Å². The Morgan fingerprint density at radius 3 is 2.43 bits per heavy atom. The number of fused-ring (bicyclic) bond motifs is 3. The van der Waals surface area contributed by atoms with Crippen LogP contribution < -0.4 is 0 Å². The standard InChI is InChI=1S/C19H32O2/c1-12-16-15(7-8-17(12,2)3)18(4)9-6-14(20)10-13(18)11-19(16,5)21/h11-12,14-16,20-21H,6-10H2,1-5H3/t12?,14?,15?,16?,18-,19?/m0/s1. The molecule has 3 aliphatic carbocycles. The lowest BCUT2D eigenvalue weighted by Crippen LogP contribution is -2.58. The van der Waals surface area contributed by atoms with Gasteiger partial charge in [0.05, 0.1) is 11.7 Å². The van der Waals surface area contributed by atoms with Crippen LogP contribution in [0, 0.1) is 28.6 Å². The normalized spacial score (nSPS) is 52.6. The van der Waals surface area contributed by atoms with Crippen molar-refractivity contribution in [3.63, 3.8) is 0 Å². The maximum Gasteiger partial charge on any atom is 0.0836 e. The van der Waals surface area contributed by atoms with E-state index in [2.05, 4.69) is 33.8 Å². The first kappa shape index (κ1) is 15.6. The number of rotatable bonds is 0. The maximum absolute atomic E-state index is 11.2. The summed E-state index contributed by atoms with van der Waals surface area (Å²) in [6.07, 6.45) is 7.11. The monoisotopic (exact) mass is 292 g/mol. The SMILES string of the molecule is CC1C2C(CCC1(C)C)[C@@]1(C)CCC(O)CC1=CC2(C)O. The van der Waals surface area contributed by atoms with Gasteiger partial charge in [-0.25, -0.2) is 0 Å². The lowest BCUT2D eigenvalue weighted by Gasteiger charge is -2.61. The van der Waals surface area contributed by atoms with Crippen molar-refractivity contribution < 1.29 is 10.2 Å². The predicted molar refractivity (Wildman–Crippen MR) is 85.8 cm³/mol. The molecule has 0 aromatic carbocycles. The Morgan fingerprint density at radius 2 is 1.76 bits per heavy atom. The van der Waals surface area contributed by atoms with E-state index in [4.69, 9.17) is 0 Å². The van der Waals surface area contributed by atoms with Crippen LogP contribution in [0.2, 0.25) is 0 Å². The molecular weight excluding hydrogens is 260 g/mol. The summed E-state index contributed by atoms with van der Waals surface area (Å²) in [6.45, 7) is 11.4. The van der Waals surface area contributed by atoms with Gasteiger partial charge in [0.25, 0.3) is 0 Å². The molecule has 2 heteroatoms. The molecule has 120 valence electrons. The Morgan fingerprint density at radius 1 is 1.10 bits per heavy atom. The fraction of sp³-hybridized carbons (Fsp3) is 0.895. The molecular formula is C19H32O2. The van der Waals surface area contributed by atoms with Gasteiger partial charge in [0.2, 0.25) is 0 Å². The molecule has 0 heterocycles. The minimum Gasteiger partial charge on any atom is -0.393 e. The molecule has 6 atom stereocenters. The second kappa shape index (κ2) is 4.58. The molecule has 2 nitrogen and oxygen atoms in total. The van der Waals surface area contributed by atoms with Crippen molar-refractivity contribution in [3.8, 4) is 0 Å². The highest BCUT2D eigenvalue weighted by Crippen LogP contribution is 2.63. The fourth-order valence-electron chi connectivity index (χ4n) is 5.71. The first-order valence-electron chi connectivity index (χ1n) is 8.70. The highest BCUT2D eigenvalue weighted by molar-refractivity contribution is 5.30. The summed E-state index contributed by atoms with van der Waals surface area (Å²) in [4.78, 5) is 0. The molecule has 5 unspecified atom stereocenters. The van der Waals surface area contributed by atoms with Crippen molar-refractivity contribution >= 4 is 0 Å². The zero-order chi connectivity index (χ0) is 15.6. The summed E-state index contributed by atoms with van der Waals surface area (Å²) in [6, 6.07) is 0. The molecule has 0 bridgehead atoms. The average Bonchev–Trinajstić information content (AvgIpc) is 2.35. The molecule has 2 saturated carbocycles. The Labute approximate surface area is 129 Å². The van der Waals surface area contributed by atoms with Crippen molar-refractivity contribution in [2.24, 2.45) is 28.6 Å². The highest BCUT2D eigenvalue weighted by Gasteiger charge is 2.58. The van der Waals surface area contributed by atoms with E-state index in [0.717, 1.165) is 19.3 Å². The van der Waals surface area contributed by atoms with Crippen LogP contribution in [-0.2, 0) is 0 Å². The molecule has 0 spiro atoms. The molecule has 0 aromatic rings. The smallest absolute Gasteiger partial charge is 0.0836 e. The van der Waals surface area contributed by atoms with Crippen molar-refractivity contribution in [1.82, 2.24) is 0 Å². The zero-order valence-electron chi connectivity index (χ0n) is 14.3. The van der Waals surface area contributed by atoms with Gasteiger partial charge in [-0.15, -0.1) is 0 Å². The minimum atomic E-state index is -0.728. The maximum atomic E-state index is 11.2. The lowest BCUT2D eigenvalue weighted by molar-refractivity contribution is -0.123. The van der Waals surface area contributed by atoms with Crippen LogP contribution in [0.4, 0.5) is 0 Å². The van der Waals surface area contributed by atoms with Crippen molar-refractivity contribution in [2.45, 2.75) is 78.4 Å². The Hall–Kier alpha value is -0.340. The topological polar surface area (TPSA) is 40.5 Å². The van der Waals surface area contributed by atoms with Crippen LogP contribution in [0.25, 0.3) is 0 Å². The van der Waals surface area contributed by atoms with Gasteiger partial charge in [-0.1, -0.05) is 39.3 Å². The number of hydrogen-bond acceptors (Lipinski definition) is 2. The van der Waals surface area contributed by atoms with E-state index in [1.807, 2.05) is 6.92 Å². The van der Waals surface area contributed by atoms with E-state index in [1.165, 1.54) is 18.4 Å². The van der Waals surface area contributed by atoms with Crippen molar-refractivity contribution in [3.05, 3.63) is 11.6 Å². The number of hydrogen-bond donors (Lipinski definition) is 2. The molecule has 3 rings (SSSR count). The number of aliphatic hydroxyl groups is 2. The third kappa shape index (κ3) is 2.21. The van der Waals surface area contributed by atoms with E-state index in [-0.39, 0.29) is 11.5 Å². The fourth-order valence-corrected chi connectivity index (χ4v) is 5.71. The zero-order valence-corrected chi connectivity index (χ0v) is 14.3. The number of aliphatic hydroxyl groups excluding tert-OH is 1. The minimum absolute atomic E-state index is 0.191. The van der Waals surface area contributed by atoms with Gasteiger partial charge in [-0.2, -0.15) is 0 Å². The largest absolute Gasteiger partial charge is 0.393 e. The Bertz CT molecular complexity index is 462. The average molecular weight is 292 g/mol. The molecule has 3 aliphatic rings. The predicted octanol–water partition coefficient (Wildman–Crippen LogP) is 3.92. The summed E-state index contributed by atoms with van der Waals surface area (Å²) in [5, 5.41) is 21.2. The van der Waals surface area contributed by atoms with Gasteiger partial charge < -0.3 is 10.2 Å².